The van der Waals surface area contributed by atoms with E-state index in [2.05, 4.69) is 18.7 Å². The third-order valence-corrected chi connectivity index (χ3v) is 8.44. The maximum absolute atomic E-state index is 13.7. The average Bonchev–Trinajstić information content (AvgIpc) is 3.52. The standard InChI is InChI=1S/C36H42N4O5/c1-6-38(7-2)19-13-21-40-32(27-17-18-28(29(22-27)44-8-3)45-23-26-15-10-9-11-16-26)30(34(42)36(40)43)33(41)31-25(5)39-20-12-14-24(4)35(39)37-31/h9-12,14-18,20,22,32,41H,6-8,13,19,21,23H2,1-5H3/b33-30+. The van der Waals surface area contributed by atoms with E-state index in [1.165, 1.54) is 0 Å². The fraction of sp³-hybridized carbons (Fsp3) is 0.361. The number of rotatable bonds is 13. The van der Waals surface area contributed by atoms with Crippen LogP contribution in [0.25, 0.3) is 11.4 Å². The number of benzene rings is 2. The summed E-state index contributed by atoms with van der Waals surface area (Å²) in [5.41, 5.74) is 4.25. The highest BCUT2D eigenvalue weighted by molar-refractivity contribution is 6.46. The van der Waals surface area contributed by atoms with Gasteiger partial charge in [0.05, 0.1) is 23.9 Å². The second-order valence-electron chi connectivity index (χ2n) is 11.2. The molecule has 0 aliphatic carbocycles. The number of aliphatic hydroxyl groups excluding tert-OH is 1. The van der Waals surface area contributed by atoms with Crippen molar-refractivity contribution in [3.05, 3.63) is 101 Å². The number of carbonyl (C=O) groups is 2. The minimum absolute atomic E-state index is 0.0207. The van der Waals surface area contributed by atoms with Gasteiger partial charge in [0.25, 0.3) is 11.7 Å². The predicted octanol–water partition coefficient (Wildman–Crippen LogP) is 6.08. The Morgan fingerprint density at radius 3 is 2.40 bits per heavy atom. The number of ketones is 1. The summed E-state index contributed by atoms with van der Waals surface area (Å²) < 4.78 is 14.0. The molecule has 236 valence electrons. The molecule has 2 aromatic heterocycles. The zero-order valence-electron chi connectivity index (χ0n) is 26.7. The third-order valence-electron chi connectivity index (χ3n) is 8.44. The lowest BCUT2D eigenvalue weighted by molar-refractivity contribution is -0.140. The first kappa shape index (κ1) is 31.8. The van der Waals surface area contributed by atoms with E-state index in [-0.39, 0.29) is 17.0 Å². The van der Waals surface area contributed by atoms with Crippen LogP contribution in [0.1, 0.15) is 61.3 Å². The summed E-state index contributed by atoms with van der Waals surface area (Å²) in [4.78, 5) is 35.9. The Hall–Kier alpha value is -4.63. The number of likely N-dealkylation sites (tertiary alicyclic amines) is 1. The fourth-order valence-corrected chi connectivity index (χ4v) is 5.95. The highest BCUT2D eigenvalue weighted by Gasteiger charge is 2.46. The predicted molar refractivity (Wildman–Crippen MR) is 174 cm³/mol. The molecule has 1 saturated heterocycles. The highest BCUT2D eigenvalue weighted by Crippen LogP contribution is 2.42. The van der Waals surface area contributed by atoms with Crippen molar-refractivity contribution in [3.8, 4) is 11.5 Å². The third kappa shape index (κ3) is 6.44. The van der Waals surface area contributed by atoms with E-state index in [0.29, 0.717) is 54.6 Å². The molecule has 0 saturated carbocycles. The summed E-state index contributed by atoms with van der Waals surface area (Å²) in [7, 11) is 0. The Kier molecular flexibility index (Phi) is 9.88. The molecule has 9 heteroatoms. The monoisotopic (exact) mass is 610 g/mol. The zero-order chi connectivity index (χ0) is 32.1. The van der Waals surface area contributed by atoms with Crippen LogP contribution in [0, 0.1) is 13.8 Å². The molecule has 1 atom stereocenters. The van der Waals surface area contributed by atoms with Gasteiger partial charge in [-0.05, 0) is 81.7 Å². The van der Waals surface area contributed by atoms with Gasteiger partial charge in [0.1, 0.15) is 17.9 Å². The number of pyridine rings is 1. The van der Waals surface area contributed by atoms with Gasteiger partial charge in [0, 0.05) is 12.7 Å². The van der Waals surface area contributed by atoms with Gasteiger partial charge in [-0.2, -0.15) is 0 Å². The number of aromatic nitrogens is 2. The summed E-state index contributed by atoms with van der Waals surface area (Å²) in [5, 5.41) is 11.8. The van der Waals surface area contributed by atoms with Gasteiger partial charge in [-0.3, -0.25) is 9.59 Å². The van der Waals surface area contributed by atoms with Crippen LogP contribution in [-0.4, -0.2) is 68.8 Å². The molecule has 1 N–H and O–H groups in total. The van der Waals surface area contributed by atoms with Crippen molar-refractivity contribution < 1.29 is 24.2 Å². The maximum atomic E-state index is 13.7. The lowest BCUT2D eigenvalue weighted by atomic mass is 9.96. The Bertz CT molecular complexity index is 1710. The Morgan fingerprint density at radius 1 is 0.956 bits per heavy atom. The van der Waals surface area contributed by atoms with E-state index >= 15 is 0 Å². The summed E-state index contributed by atoms with van der Waals surface area (Å²) in [6.07, 6.45) is 2.54. The summed E-state index contributed by atoms with van der Waals surface area (Å²) >= 11 is 0. The number of fused-ring (bicyclic) bond motifs is 1. The van der Waals surface area contributed by atoms with Crippen molar-refractivity contribution in [3.63, 3.8) is 0 Å². The quantitative estimate of drug-likeness (QED) is 0.111. The Morgan fingerprint density at radius 2 is 1.71 bits per heavy atom. The number of hydrogen-bond acceptors (Lipinski definition) is 7. The Balaban J connectivity index is 1.59. The molecule has 1 aliphatic heterocycles. The van der Waals surface area contributed by atoms with Crippen LogP contribution < -0.4 is 9.47 Å². The Labute approximate surface area is 264 Å². The van der Waals surface area contributed by atoms with Crippen LogP contribution in [0.4, 0.5) is 0 Å². The average molecular weight is 611 g/mol. The second kappa shape index (κ2) is 14.0. The molecule has 1 aliphatic rings. The van der Waals surface area contributed by atoms with Crippen molar-refractivity contribution >= 4 is 23.1 Å². The fourth-order valence-electron chi connectivity index (χ4n) is 5.95. The molecule has 0 bridgehead atoms. The number of aryl methyl sites for hydroxylation is 2. The van der Waals surface area contributed by atoms with Crippen LogP contribution in [0.5, 0.6) is 11.5 Å². The number of aliphatic hydroxyl groups is 1. The van der Waals surface area contributed by atoms with Crippen molar-refractivity contribution in [1.82, 2.24) is 19.2 Å². The van der Waals surface area contributed by atoms with Crippen molar-refractivity contribution in [2.75, 3.05) is 32.8 Å². The SMILES string of the molecule is CCOc1cc(C2/C(=C(\O)c3nc4c(C)cccn4c3C)C(=O)C(=O)N2CCCN(CC)CC)ccc1OCc1ccccc1. The molecule has 1 unspecified atom stereocenters. The van der Waals surface area contributed by atoms with Gasteiger partial charge >= 0.3 is 0 Å². The van der Waals surface area contributed by atoms with Crippen LogP contribution in [-0.2, 0) is 16.2 Å². The minimum atomic E-state index is -0.825. The first-order valence-corrected chi connectivity index (χ1v) is 15.7. The molecule has 45 heavy (non-hydrogen) atoms. The van der Waals surface area contributed by atoms with E-state index < -0.39 is 17.7 Å². The highest BCUT2D eigenvalue weighted by atomic mass is 16.5. The number of carbonyl (C=O) groups excluding carboxylic acids is 2. The van der Waals surface area contributed by atoms with Gasteiger partial charge in [-0.15, -0.1) is 0 Å². The van der Waals surface area contributed by atoms with E-state index in [4.69, 9.17) is 14.5 Å². The van der Waals surface area contributed by atoms with E-state index in [9.17, 15) is 14.7 Å². The molecule has 2 aromatic carbocycles. The number of hydrogen-bond donors (Lipinski definition) is 1. The molecular weight excluding hydrogens is 568 g/mol. The maximum Gasteiger partial charge on any atom is 0.295 e. The first-order chi connectivity index (χ1) is 21.8. The van der Waals surface area contributed by atoms with E-state index in [1.54, 1.807) is 11.0 Å². The van der Waals surface area contributed by atoms with Crippen molar-refractivity contribution in [1.29, 1.82) is 0 Å². The second-order valence-corrected chi connectivity index (χ2v) is 11.2. The lowest BCUT2D eigenvalue weighted by Gasteiger charge is -2.27. The molecule has 0 spiro atoms. The largest absolute Gasteiger partial charge is 0.505 e. The number of ether oxygens (including phenoxy) is 2. The number of amides is 1. The molecular formula is C36H42N4O5. The topological polar surface area (TPSA) is 96.6 Å². The summed E-state index contributed by atoms with van der Waals surface area (Å²) in [6, 6.07) is 18.3. The van der Waals surface area contributed by atoms with Crippen molar-refractivity contribution in [2.24, 2.45) is 0 Å². The summed E-state index contributed by atoms with van der Waals surface area (Å²) in [5.74, 6) is -0.599. The number of Topliss-reactive ketones (excluding diaryl/α,β-unsaturated/α-hetero) is 1. The minimum Gasteiger partial charge on any atom is -0.505 e. The van der Waals surface area contributed by atoms with Crippen molar-refractivity contribution in [2.45, 2.75) is 53.7 Å². The molecule has 0 radical (unpaired) electrons. The first-order valence-electron chi connectivity index (χ1n) is 15.7. The van der Waals surface area contributed by atoms with Gasteiger partial charge in [-0.1, -0.05) is 56.3 Å². The molecule has 3 heterocycles. The van der Waals surface area contributed by atoms with Crippen LogP contribution in [0.15, 0.2) is 72.4 Å². The van der Waals surface area contributed by atoms with E-state index in [0.717, 1.165) is 30.8 Å². The molecule has 9 nitrogen and oxygen atoms in total. The van der Waals surface area contributed by atoms with Crippen LogP contribution >= 0.6 is 0 Å². The van der Waals surface area contributed by atoms with Gasteiger partial charge < -0.3 is 28.8 Å². The van der Waals surface area contributed by atoms with Gasteiger partial charge in [-0.25, -0.2) is 4.98 Å². The lowest BCUT2D eigenvalue weighted by Crippen LogP contribution is -2.33. The molecule has 5 rings (SSSR count). The normalized spacial score (nSPS) is 16.2. The molecule has 1 amide bonds. The molecule has 1 fully saturated rings. The summed E-state index contributed by atoms with van der Waals surface area (Å²) in [6.45, 7) is 13.6. The van der Waals surface area contributed by atoms with Gasteiger partial charge in [0.15, 0.2) is 17.3 Å². The van der Waals surface area contributed by atoms with Crippen LogP contribution in [0.2, 0.25) is 0 Å². The number of imidazole rings is 1. The van der Waals surface area contributed by atoms with Gasteiger partial charge in [0.2, 0.25) is 0 Å². The molecule has 4 aromatic rings. The smallest absolute Gasteiger partial charge is 0.295 e. The zero-order valence-corrected chi connectivity index (χ0v) is 26.7. The number of nitrogens with zero attached hydrogens (tertiary/aromatic N) is 4. The van der Waals surface area contributed by atoms with Crippen LogP contribution in [0.3, 0.4) is 0 Å². The van der Waals surface area contributed by atoms with E-state index in [1.807, 2.05) is 86.0 Å².